The Hall–Kier alpha value is -2.44. The first-order valence-electron chi connectivity index (χ1n) is 7.37. The molecule has 126 valence electrons. The molecule has 7 heteroatoms. The molecular formula is C16H22N2O5. The van der Waals surface area contributed by atoms with E-state index in [1.165, 1.54) is 7.11 Å². The molecule has 1 N–H and O–H groups in total. The van der Waals surface area contributed by atoms with Crippen molar-refractivity contribution in [3.05, 3.63) is 23.3 Å². The normalized spacial score (nSPS) is 14.5. The summed E-state index contributed by atoms with van der Waals surface area (Å²) in [6, 6.07) is 2.86. The van der Waals surface area contributed by atoms with E-state index < -0.39 is 12.0 Å². The highest BCUT2D eigenvalue weighted by atomic mass is 16.5. The Morgan fingerprint density at radius 2 is 1.74 bits per heavy atom. The van der Waals surface area contributed by atoms with Crippen LogP contribution in [0.2, 0.25) is 0 Å². The zero-order chi connectivity index (χ0) is 17.0. The summed E-state index contributed by atoms with van der Waals surface area (Å²) in [7, 11) is 4.47. The summed E-state index contributed by atoms with van der Waals surface area (Å²) in [5.74, 6) is 0.849. The van der Waals surface area contributed by atoms with Crippen LogP contribution in [0.3, 0.4) is 0 Å². The molecule has 0 bridgehead atoms. The van der Waals surface area contributed by atoms with Gasteiger partial charge in [0.15, 0.2) is 11.5 Å². The van der Waals surface area contributed by atoms with Crippen LogP contribution in [-0.2, 0) is 22.5 Å². The van der Waals surface area contributed by atoms with Crippen molar-refractivity contribution in [1.29, 1.82) is 0 Å². The molecule has 1 aliphatic rings. The third kappa shape index (κ3) is 3.67. The van der Waals surface area contributed by atoms with Crippen molar-refractivity contribution in [1.82, 2.24) is 10.2 Å². The Morgan fingerprint density at radius 1 is 1.13 bits per heavy atom. The molecule has 0 radical (unpaired) electrons. The zero-order valence-electron chi connectivity index (χ0n) is 13.8. The van der Waals surface area contributed by atoms with E-state index >= 15 is 0 Å². The van der Waals surface area contributed by atoms with Crippen molar-refractivity contribution in [2.45, 2.75) is 25.9 Å². The lowest BCUT2D eigenvalue weighted by molar-refractivity contribution is -0.142. The smallest absolute Gasteiger partial charge is 0.328 e. The summed E-state index contributed by atoms with van der Waals surface area (Å²) in [6.45, 7) is 2.62. The Bertz CT molecular complexity index is 602. The lowest BCUT2D eigenvalue weighted by atomic mass is 9.99. The first-order chi connectivity index (χ1) is 11.0. The van der Waals surface area contributed by atoms with Crippen LogP contribution in [-0.4, -0.2) is 50.8 Å². The van der Waals surface area contributed by atoms with Crippen molar-refractivity contribution in [2.75, 3.05) is 27.9 Å². The minimum atomic E-state index is -0.681. The van der Waals surface area contributed by atoms with Gasteiger partial charge < -0.3 is 24.4 Å². The fraction of sp³-hybridized carbons (Fsp3) is 0.500. The van der Waals surface area contributed by atoms with Crippen LogP contribution in [0.15, 0.2) is 12.1 Å². The van der Waals surface area contributed by atoms with E-state index in [4.69, 9.17) is 9.47 Å². The lowest BCUT2D eigenvalue weighted by Gasteiger charge is -2.30. The van der Waals surface area contributed by atoms with Gasteiger partial charge >= 0.3 is 12.0 Å². The third-order valence-electron chi connectivity index (χ3n) is 3.90. The molecule has 0 aromatic heterocycles. The molecule has 1 aromatic carbocycles. The van der Waals surface area contributed by atoms with Crippen LogP contribution in [0.4, 0.5) is 4.79 Å². The molecule has 2 rings (SSSR count). The molecule has 1 aromatic rings. The Morgan fingerprint density at radius 3 is 2.30 bits per heavy atom. The first-order valence-corrected chi connectivity index (χ1v) is 7.37. The fourth-order valence-corrected chi connectivity index (χ4v) is 2.57. The van der Waals surface area contributed by atoms with Gasteiger partial charge in [-0.05, 0) is 36.6 Å². The van der Waals surface area contributed by atoms with Gasteiger partial charge in [0.1, 0.15) is 6.04 Å². The van der Waals surface area contributed by atoms with Gasteiger partial charge in [-0.2, -0.15) is 0 Å². The van der Waals surface area contributed by atoms with Gasteiger partial charge in [0.25, 0.3) is 0 Å². The number of amides is 2. The molecule has 2 amide bonds. The van der Waals surface area contributed by atoms with Crippen LogP contribution in [0.1, 0.15) is 18.1 Å². The molecule has 23 heavy (non-hydrogen) atoms. The summed E-state index contributed by atoms with van der Waals surface area (Å²) < 4.78 is 15.2. The maximum Gasteiger partial charge on any atom is 0.328 e. The number of nitrogens with zero attached hydrogens (tertiary/aromatic N) is 1. The van der Waals surface area contributed by atoms with E-state index in [1.807, 2.05) is 12.1 Å². The molecule has 0 saturated carbocycles. The van der Waals surface area contributed by atoms with Crippen molar-refractivity contribution >= 4 is 12.0 Å². The topological polar surface area (TPSA) is 77.1 Å². The summed E-state index contributed by atoms with van der Waals surface area (Å²) in [5, 5.41) is 2.64. The molecule has 1 heterocycles. The minimum Gasteiger partial charge on any atom is -0.493 e. The van der Waals surface area contributed by atoms with Gasteiger partial charge in [-0.25, -0.2) is 9.59 Å². The maximum absolute atomic E-state index is 12.3. The number of esters is 1. The van der Waals surface area contributed by atoms with Crippen molar-refractivity contribution < 1.29 is 23.8 Å². The zero-order valence-corrected chi connectivity index (χ0v) is 13.8. The van der Waals surface area contributed by atoms with E-state index in [9.17, 15) is 9.59 Å². The second kappa shape index (κ2) is 7.21. The standard InChI is InChI=1S/C16H22N2O5/c1-10(15(19)23-4)17-16(20)18-6-5-11-7-13(21-2)14(22-3)8-12(11)9-18/h7-8,10H,5-6,9H2,1-4H3,(H,17,20). The summed E-state index contributed by atoms with van der Waals surface area (Å²) in [6.07, 6.45) is 0.718. The van der Waals surface area contributed by atoms with E-state index in [0.717, 1.165) is 17.5 Å². The second-order valence-corrected chi connectivity index (χ2v) is 5.34. The molecule has 0 spiro atoms. The highest BCUT2D eigenvalue weighted by molar-refractivity contribution is 5.83. The van der Waals surface area contributed by atoms with Crippen LogP contribution in [0.25, 0.3) is 0 Å². The van der Waals surface area contributed by atoms with E-state index in [0.29, 0.717) is 24.6 Å². The maximum atomic E-state index is 12.3. The van der Waals surface area contributed by atoms with Crippen LogP contribution in [0.5, 0.6) is 11.5 Å². The molecule has 1 unspecified atom stereocenters. The lowest BCUT2D eigenvalue weighted by Crippen LogP contribution is -2.48. The number of rotatable bonds is 4. The third-order valence-corrected chi connectivity index (χ3v) is 3.90. The molecule has 1 atom stereocenters. The predicted molar refractivity (Wildman–Crippen MR) is 83.7 cm³/mol. The van der Waals surface area contributed by atoms with Crippen LogP contribution >= 0.6 is 0 Å². The van der Waals surface area contributed by atoms with Gasteiger partial charge in [0.2, 0.25) is 0 Å². The number of hydrogen-bond donors (Lipinski definition) is 1. The summed E-state index contributed by atoms with van der Waals surface area (Å²) >= 11 is 0. The molecule has 7 nitrogen and oxygen atoms in total. The number of methoxy groups -OCH3 is 3. The first kappa shape index (κ1) is 16.9. The number of nitrogens with one attached hydrogen (secondary N) is 1. The van der Waals surface area contributed by atoms with Crippen LogP contribution < -0.4 is 14.8 Å². The number of hydrogen-bond acceptors (Lipinski definition) is 5. The average molecular weight is 322 g/mol. The van der Waals surface area contributed by atoms with Crippen LogP contribution in [0, 0.1) is 0 Å². The quantitative estimate of drug-likeness (QED) is 0.846. The minimum absolute atomic E-state index is 0.289. The highest BCUT2D eigenvalue weighted by Gasteiger charge is 2.25. The Balaban J connectivity index is 2.10. The largest absolute Gasteiger partial charge is 0.493 e. The average Bonchev–Trinajstić information content (AvgIpc) is 2.58. The van der Waals surface area contributed by atoms with Gasteiger partial charge in [0, 0.05) is 13.1 Å². The fourth-order valence-electron chi connectivity index (χ4n) is 2.57. The van der Waals surface area contributed by atoms with Crippen molar-refractivity contribution in [3.63, 3.8) is 0 Å². The van der Waals surface area contributed by atoms with Crippen molar-refractivity contribution in [3.8, 4) is 11.5 Å². The number of carbonyl (C=O) groups is 2. The SMILES string of the molecule is COC(=O)C(C)NC(=O)N1CCc2cc(OC)c(OC)cc2C1. The highest BCUT2D eigenvalue weighted by Crippen LogP contribution is 2.33. The van der Waals surface area contributed by atoms with Gasteiger partial charge in [-0.3, -0.25) is 0 Å². The van der Waals surface area contributed by atoms with E-state index in [-0.39, 0.29) is 6.03 Å². The number of fused-ring (bicyclic) bond motifs is 1. The van der Waals surface area contributed by atoms with Gasteiger partial charge in [0.05, 0.1) is 21.3 Å². The number of urea groups is 1. The summed E-state index contributed by atoms with van der Waals surface area (Å²) in [5.41, 5.74) is 2.14. The van der Waals surface area contributed by atoms with Crippen molar-refractivity contribution in [2.24, 2.45) is 0 Å². The predicted octanol–water partition coefficient (Wildman–Crippen LogP) is 1.33. The van der Waals surface area contributed by atoms with E-state index in [2.05, 4.69) is 10.1 Å². The van der Waals surface area contributed by atoms with Gasteiger partial charge in [-0.15, -0.1) is 0 Å². The molecular weight excluding hydrogens is 300 g/mol. The monoisotopic (exact) mass is 322 g/mol. The second-order valence-electron chi connectivity index (χ2n) is 5.34. The molecule has 1 aliphatic heterocycles. The van der Waals surface area contributed by atoms with Gasteiger partial charge in [-0.1, -0.05) is 0 Å². The Labute approximate surface area is 135 Å². The Kier molecular flexibility index (Phi) is 5.31. The van der Waals surface area contributed by atoms with E-state index in [1.54, 1.807) is 26.0 Å². The number of ether oxygens (including phenoxy) is 3. The molecule has 0 aliphatic carbocycles. The molecule has 0 saturated heterocycles. The summed E-state index contributed by atoms with van der Waals surface area (Å²) in [4.78, 5) is 25.3. The number of benzene rings is 1. The number of carbonyl (C=O) groups excluding carboxylic acids is 2. The molecule has 0 fully saturated rings.